The largest absolute Gasteiger partial charge is 0.478 e. The molecule has 0 saturated heterocycles. The van der Waals surface area contributed by atoms with E-state index in [1.54, 1.807) is 0 Å². The number of carboxylic acids is 1. The van der Waals surface area contributed by atoms with Gasteiger partial charge in [-0.1, -0.05) is 6.92 Å². The van der Waals surface area contributed by atoms with Crippen LogP contribution in [-0.4, -0.2) is 31.8 Å². The summed E-state index contributed by atoms with van der Waals surface area (Å²) in [5, 5.41) is 8.42. The van der Waals surface area contributed by atoms with Crippen molar-refractivity contribution >= 4 is 21.8 Å². The quantitative estimate of drug-likeness (QED) is 0.581. The van der Waals surface area contributed by atoms with Crippen molar-refractivity contribution in [1.29, 1.82) is 0 Å². The van der Waals surface area contributed by atoms with Crippen LogP contribution in [0.25, 0.3) is 0 Å². The lowest BCUT2D eigenvalue weighted by Crippen LogP contribution is -2.24. The highest BCUT2D eigenvalue weighted by Crippen LogP contribution is 2.11. The Hall–Kier alpha value is -1.99. The third-order valence-electron chi connectivity index (χ3n) is 2.37. The maximum atomic E-state index is 11.8. The van der Waals surface area contributed by atoms with Crippen molar-refractivity contribution in [2.45, 2.75) is 18.2 Å². The first kappa shape index (κ1) is 16.1. The Morgan fingerprint density at radius 2 is 1.80 bits per heavy atom. The number of ketones is 1. The first-order valence-electron chi connectivity index (χ1n) is 5.92. The number of nitrogens with one attached hydrogen (secondary N) is 1. The molecule has 0 heterocycles. The third kappa shape index (κ3) is 4.60. The molecule has 2 N–H and O–H groups in total. The third-order valence-corrected chi connectivity index (χ3v) is 3.85. The summed E-state index contributed by atoms with van der Waals surface area (Å²) < 4.78 is 26.0. The normalized spacial score (nSPS) is 11.7. The van der Waals surface area contributed by atoms with Crippen LogP contribution in [-0.2, 0) is 14.8 Å². The van der Waals surface area contributed by atoms with Crippen LogP contribution in [0.4, 0.5) is 0 Å². The standard InChI is InChI=1S/C13H15NO5S/c1-2-9-14-20(18,19)11-5-3-10(4-6-11)12(15)7-8-13(16)17/h3-8,14H,2,9H2,1H3,(H,16,17)/b8-7+. The predicted molar refractivity (Wildman–Crippen MR) is 73.0 cm³/mol. The van der Waals surface area contributed by atoms with E-state index in [9.17, 15) is 18.0 Å². The van der Waals surface area contributed by atoms with Gasteiger partial charge in [0.15, 0.2) is 5.78 Å². The fraction of sp³-hybridized carbons (Fsp3) is 0.231. The van der Waals surface area contributed by atoms with Crippen LogP contribution in [0.5, 0.6) is 0 Å². The molecule has 1 aromatic carbocycles. The van der Waals surface area contributed by atoms with Crippen LogP contribution in [0.1, 0.15) is 23.7 Å². The molecular formula is C13H15NO5S. The number of aliphatic carboxylic acids is 1. The van der Waals surface area contributed by atoms with E-state index in [-0.39, 0.29) is 10.5 Å². The number of hydrogen-bond donors (Lipinski definition) is 2. The molecule has 0 unspecified atom stereocenters. The van der Waals surface area contributed by atoms with Gasteiger partial charge in [-0.15, -0.1) is 0 Å². The zero-order valence-corrected chi connectivity index (χ0v) is 11.7. The second-order valence-corrected chi connectivity index (χ2v) is 5.72. The van der Waals surface area contributed by atoms with Crippen LogP contribution >= 0.6 is 0 Å². The fourth-order valence-corrected chi connectivity index (χ4v) is 2.50. The molecule has 1 aromatic rings. The van der Waals surface area contributed by atoms with Crippen LogP contribution in [0.2, 0.25) is 0 Å². The molecule has 6 nitrogen and oxygen atoms in total. The Labute approximate surface area is 117 Å². The van der Waals surface area contributed by atoms with Crippen molar-refractivity contribution < 1.29 is 23.1 Å². The molecule has 0 radical (unpaired) electrons. The Balaban J connectivity index is 2.89. The predicted octanol–water partition coefficient (Wildman–Crippen LogP) is 1.20. The maximum absolute atomic E-state index is 11.8. The number of carbonyl (C=O) groups is 2. The van der Waals surface area contributed by atoms with Gasteiger partial charge in [-0.05, 0) is 36.8 Å². The summed E-state index contributed by atoms with van der Waals surface area (Å²) >= 11 is 0. The smallest absolute Gasteiger partial charge is 0.328 e. The second-order valence-electron chi connectivity index (χ2n) is 3.96. The lowest BCUT2D eigenvalue weighted by molar-refractivity contribution is -0.131. The van der Waals surface area contributed by atoms with Crippen molar-refractivity contribution in [3.8, 4) is 0 Å². The molecule has 0 amide bonds. The van der Waals surface area contributed by atoms with Gasteiger partial charge in [-0.2, -0.15) is 0 Å². The van der Waals surface area contributed by atoms with E-state index in [0.717, 1.165) is 12.2 Å². The van der Waals surface area contributed by atoms with E-state index in [2.05, 4.69) is 4.72 Å². The summed E-state index contributed by atoms with van der Waals surface area (Å²) in [7, 11) is -3.56. The van der Waals surface area contributed by atoms with Crippen molar-refractivity contribution in [2.24, 2.45) is 0 Å². The number of benzene rings is 1. The summed E-state index contributed by atoms with van der Waals surface area (Å²) in [4.78, 5) is 21.9. The number of hydrogen-bond acceptors (Lipinski definition) is 4. The van der Waals surface area contributed by atoms with Gasteiger partial charge in [-0.25, -0.2) is 17.9 Å². The summed E-state index contributed by atoms with van der Waals surface area (Å²) in [5.74, 6) is -1.72. The highest BCUT2D eigenvalue weighted by Gasteiger charge is 2.13. The van der Waals surface area contributed by atoms with E-state index in [1.807, 2.05) is 6.92 Å². The minimum atomic E-state index is -3.56. The van der Waals surface area contributed by atoms with E-state index < -0.39 is 21.8 Å². The Bertz CT molecular complexity index is 617. The van der Waals surface area contributed by atoms with Crippen molar-refractivity contribution in [3.05, 3.63) is 42.0 Å². The van der Waals surface area contributed by atoms with Crippen molar-refractivity contribution in [2.75, 3.05) is 6.54 Å². The molecule has 0 aliphatic heterocycles. The van der Waals surface area contributed by atoms with Crippen LogP contribution < -0.4 is 4.72 Å². The summed E-state index contributed by atoms with van der Waals surface area (Å²) in [6.07, 6.45) is 2.33. The van der Waals surface area contributed by atoms with Crippen LogP contribution in [0.15, 0.2) is 41.3 Å². The molecule has 20 heavy (non-hydrogen) atoms. The Morgan fingerprint density at radius 1 is 1.20 bits per heavy atom. The maximum Gasteiger partial charge on any atom is 0.328 e. The molecule has 0 saturated carbocycles. The number of carboxylic acid groups (broad SMARTS) is 1. The number of rotatable bonds is 7. The van der Waals surface area contributed by atoms with Gasteiger partial charge in [0.25, 0.3) is 0 Å². The van der Waals surface area contributed by atoms with Gasteiger partial charge >= 0.3 is 5.97 Å². The van der Waals surface area contributed by atoms with Gasteiger partial charge in [-0.3, -0.25) is 4.79 Å². The van der Waals surface area contributed by atoms with Gasteiger partial charge in [0.05, 0.1) is 4.90 Å². The molecule has 1 rings (SSSR count). The zero-order chi connectivity index (χ0) is 15.2. The minimum Gasteiger partial charge on any atom is -0.478 e. The Kier molecular flexibility index (Phi) is 5.60. The summed E-state index contributed by atoms with van der Waals surface area (Å²) in [5.41, 5.74) is 0.219. The fourth-order valence-electron chi connectivity index (χ4n) is 1.36. The van der Waals surface area contributed by atoms with Crippen molar-refractivity contribution in [1.82, 2.24) is 4.72 Å². The lowest BCUT2D eigenvalue weighted by Gasteiger charge is -2.05. The number of sulfonamides is 1. The SMILES string of the molecule is CCCNS(=O)(=O)c1ccc(C(=O)/C=C/C(=O)O)cc1. The Morgan fingerprint density at radius 3 is 2.30 bits per heavy atom. The molecule has 0 aliphatic carbocycles. The molecule has 108 valence electrons. The number of carbonyl (C=O) groups excluding carboxylic acids is 1. The highest BCUT2D eigenvalue weighted by atomic mass is 32.2. The monoisotopic (exact) mass is 297 g/mol. The van der Waals surface area contributed by atoms with Crippen LogP contribution in [0.3, 0.4) is 0 Å². The lowest BCUT2D eigenvalue weighted by atomic mass is 10.1. The highest BCUT2D eigenvalue weighted by molar-refractivity contribution is 7.89. The average Bonchev–Trinajstić information content (AvgIpc) is 2.42. The second kappa shape index (κ2) is 6.97. The van der Waals surface area contributed by atoms with Gasteiger partial charge in [0.2, 0.25) is 10.0 Å². The number of allylic oxidation sites excluding steroid dienone is 1. The first-order valence-corrected chi connectivity index (χ1v) is 7.40. The molecule has 0 bridgehead atoms. The molecule has 0 spiro atoms. The molecule has 0 aromatic heterocycles. The zero-order valence-electron chi connectivity index (χ0n) is 10.9. The molecule has 7 heteroatoms. The van der Waals surface area contributed by atoms with Crippen LogP contribution in [0, 0.1) is 0 Å². The molecule has 0 atom stereocenters. The summed E-state index contributed by atoms with van der Waals surface area (Å²) in [6, 6.07) is 5.30. The molecular weight excluding hydrogens is 282 g/mol. The molecule has 0 aliphatic rings. The van der Waals surface area contributed by atoms with Gasteiger partial charge in [0, 0.05) is 18.2 Å². The van der Waals surface area contributed by atoms with Crippen molar-refractivity contribution in [3.63, 3.8) is 0 Å². The van der Waals surface area contributed by atoms with Gasteiger partial charge < -0.3 is 5.11 Å². The molecule has 0 fully saturated rings. The topological polar surface area (TPSA) is 101 Å². The average molecular weight is 297 g/mol. The minimum absolute atomic E-state index is 0.0599. The van der Waals surface area contributed by atoms with Gasteiger partial charge in [0.1, 0.15) is 0 Å². The van der Waals surface area contributed by atoms with E-state index in [0.29, 0.717) is 13.0 Å². The van der Waals surface area contributed by atoms with E-state index in [1.165, 1.54) is 24.3 Å². The summed E-state index contributed by atoms with van der Waals surface area (Å²) in [6.45, 7) is 2.18. The van der Waals surface area contributed by atoms with E-state index in [4.69, 9.17) is 5.11 Å². The first-order chi connectivity index (χ1) is 9.36. The van der Waals surface area contributed by atoms with E-state index >= 15 is 0 Å².